The number of hydrogen-bond donors (Lipinski definition) is 1. The Kier molecular flexibility index (Phi) is 4.32. The SMILES string of the molecule is C=CC[S+]([O-])C1CCCC(=O)NC1. The molecular formula is C9H15NO2S. The summed E-state index contributed by atoms with van der Waals surface area (Å²) in [6, 6.07) is 0. The zero-order valence-electron chi connectivity index (χ0n) is 7.62. The molecule has 2 atom stereocenters. The van der Waals surface area contributed by atoms with E-state index in [1.54, 1.807) is 6.08 Å². The fourth-order valence-electron chi connectivity index (χ4n) is 1.39. The molecule has 2 unspecified atom stereocenters. The van der Waals surface area contributed by atoms with Crippen molar-refractivity contribution in [3.05, 3.63) is 12.7 Å². The maximum absolute atomic E-state index is 11.5. The van der Waals surface area contributed by atoms with E-state index in [1.165, 1.54) is 0 Å². The number of rotatable bonds is 3. The number of nitrogens with one attached hydrogen (secondary N) is 1. The average molecular weight is 201 g/mol. The van der Waals surface area contributed by atoms with Gasteiger partial charge >= 0.3 is 0 Å². The van der Waals surface area contributed by atoms with Gasteiger partial charge in [-0.05, 0) is 30.1 Å². The molecule has 1 amide bonds. The lowest BCUT2D eigenvalue weighted by Gasteiger charge is -2.18. The predicted molar refractivity (Wildman–Crippen MR) is 53.9 cm³/mol. The lowest BCUT2D eigenvalue weighted by Crippen LogP contribution is -2.34. The maximum Gasteiger partial charge on any atom is 0.220 e. The third kappa shape index (κ3) is 3.40. The Hall–Kier alpha value is -0.480. The lowest BCUT2D eigenvalue weighted by atomic mass is 10.2. The van der Waals surface area contributed by atoms with Crippen LogP contribution < -0.4 is 5.32 Å². The van der Waals surface area contributed by atoms with E-state index >= 15 is 0 Å². The summed E-state index contributed by atoms with van der Waals surface area (Å²) in [5.74, 6) is 0.610. The molecule has 1 N–H and O–H groups in total. The van der Waals surface area contributed by atoms with Crippen LogP contribution in [0.5, 0.6) is 0 Å². The molecule has 0 saturated carbocycles. The first kappa shape index (κ1) is 10.6. The first-order chi connectivity index (χ1) is 6.24. The van der Waals surface area contributed by atoms with Gasteiger partial charge in [-0.2, -0.15) is 0 Å². The van der Waals surface area contributed by atoms with Crippen LogP contribution in [0.15, 0.2) is 12.7 Å². The summed E-state index contributed by atoms with van der Waals surface area (Å²) in [6.45, 7) is 4.11. The van der Waals surface area contributed by atoms with Crippen LogP contribution in [0.4, 0.5) is 0 Å². The van der Waals surface area contributed by atoms with Crippen molar-refractivity contribution >= 4 is 17.1 Å². The molecule has 0 aromatic rings. The van der Waals surface area contributed by atoms with Crippen molar-refractivity contribution in [3.63, 3.8) is 0 Å². The molecule has 74 valence electrons. The molecule has 4 heteroatoms. The molecule has 3 nitrogen and oxygen atoms in total. The van der Waals surface area contributed by atoms with E-state index in [0.29, 0.717) is 18.7 Å². The van der Waals surface area contributed by atoms with Gasteiger partial charge in [-0.25, -0.2) is 0 Å². The second-order valence-electron chi connectivity index (χ2n) is 3.15. The minimum atomic E-state index is -0.865. The monoisotopic (exact) mass is 201 g/mol. The first-order valence-electron chi connectivity index (χ1n) is 4.49. The zero-order chi connectivity index (χ0) is 9.68. The Bertz CT molecular complexity index is 196. The van der Waals surface area contributed by atoms with Gasteiger partial charge in [0.25, 0.3) is 0 Å². The van der Waals surface area contributed by atoms with Gasteiger partial charge in [0.2, 0.25) is 5.91 Å². The minimum absolute atomic E-state index is 0.0816. The first-order valence-corrected chi connectivity index (χ1v) is 5.87. The van der Waals surface area contributed by atoms with Crippen LogP contribution >= 0.6 is 0 Å². The number of amides is 1. The molecule has 1 aliphatic rings. The van der Waals surface area contributed by atoms with Crippen LogP contribution in [0.2, 0.25) is 0 Å². The second kappa shape index (κ2) is 5.29. The van der Waals surface area contributed by atoms with Crippen LogP contribution in [-0.4, -0.2) is 28.0 Å². The van der Waals surface area contributed by atoms with Crippen LogP contribution in [-0.2, 0) is 16.0 Å². The fraction of sp³-hybridized carbons (Fsp3) is 0.667. The van der Waals surface area contributed by atoms with Crippen LogP contribution in [0.1, 0.15) is 19.3 Å². The molecule has 0 bridgehead atoms. The van der Waals surface area contributed by atoms with Gasteiger partial charge in [-0.15, -0.1) is 0 Å². The Morgan fingerprint density at radius 2 is 2.54 bits per heavy atom. The molecule has 0 aliphatic carbocycles. The highest BCUT2D eigenvalue weighted by molar-refractivity contribution is 7.92. The molecule has 0 aromatic carbocycles. The van der Waals surface area contributed by atoms with Crippen molar-refractivity contribution in [3.8, 4) is 0 Å². The largest absolute Gasteiger partial charge is 0.616 e. The number of carbonyl (C=O) groups excluding carboxylic acids is 1. The fourth-order valence-corrected chi connectivity index (χ4v) is 2.59. The highest BCUT2D eigenvalue weighted by Crippen LogP contribution is 2.13. The molecule has 0 radical (unpaired) electrons. The molecule has 1 heterocycles. The zero-order valence-corrected chi connectivity index (χ0v) is 8.44. The Morgan fingerprint density at radius 1 is 1.77 bits per heavy atom. The summed E-state index contributed by atoms with van der Waals surface area (Å²) in [7, 11) is 0. The van der Waals surface area contributed by atoms with Crippen molar-refractivity contribution in [1.29, 1.82) is 0 Å². The van der Waals surface area contributed by atoms with Gasteiger partial charge in [-0.1, -0.05) is 6.58 Å². The summed E-state index contributed by atoms with van der Waals surface area (Å²) in [5.41, 5.74) is 0. The van der Waals surface area contributed by atoms with E-state index < -0.39 is 11.2 Å². The summed E-state index contributed by atoms with van der Waals surface area (Å²) < 4.78 is 11.5. The maximum atomic E-state index is 11.5. The standard InChI is InChI=1S/C9H15NO2S/c1-2-6-13(12)8-4-3-5-9(11)10-7-8/h2,8H,1,3-7H2,(H,10,11). The number of hydrogen-bond acceptors (Lipinski definition) is 2. The summed E-state index contributed by atoms with van der Waals surface area (Å²) in [5, 5.41) is 2.88. The van der Waals surface area contributed by atoms with Gasteiger partial charge in [0.15, 0.2) is 0 Å². The Balaban J connectivity index is 2.40. The van der Waals surface area contributed by atoms with Gasteiger partial charge < -0.3 is 9.87 Å². The molecular weight excluding hydrogens is 186 g/mol. The van der Waals surface area contributed by atoms with Crippen molar-refractivity contribution in [2.24, 2.45) is 0 Å². The highest BCUT2D eigenvalue weighted by Gasteiger charge is 2.24. The lowest BCUT2D eigenvalue weighted by molar-refractivity contribution is -0.120. The summed E-state index contributed by atoms with van der Waals surface area (Å²) in [6.07, 6.45) is 3.96. The third-order valence-corrected chi connectivity index (χ3v) is 3.82. The van der Waals surface area contributed by atoms with Crippen molar-refractivity contribution in [2.75, 3.05) is 12.3 Å². The van der Waals surface area contributed by atoms with Crippen molar-refractivity contribution in [2.45, 2.75) is 24.5 Å². The molecule has 1 rings (SSSR count). The van der Waals surface area contributed by atoms with E-state index in [-0.39, 0.29) is 11.2 Å². The quantitative estimate of drug-likeness (QED) is 0.536. The molecule has 1 aliphatic heterocycles. The number of carbonyl (C=O) groups is 1. The van der Waals surface area contributed by atoms with Crippen LogP contribution in [0.3, 0.4) is 0 Å². The summed E-state index contributed by atoms with van der Waals surface area (Å²) >= 11 is -0.865. The smallest absolute Gasteiger partial charge is 0.220 e. The van der Waals surface area contributed by atoms with E-state index in [4.69, 9.17) is 0 Å². The van der Waals surface area contributed by atoms with Crippen LogP contribution in [0.25, 0.3) is 0 Å². The molecule has 1 fully saturated rings. The van der Waals surface area contributed by atoms with E-state index in [1.807, 2.05) is 0 Å². The molecule has 0 spiro atoms. The van der Waals surface area contributed by atoms with Crippen LogP contribution in [0, 0.1) is 0 Å². The highest BCUT2D eigenvalue weighted by atomic mass is 32.2. The third-order valence-electron chi connectivity index (χ3n) is 2.11. The van der Waals surface area contributed by atoms with Gasteiger partial charge in [0.1, 0.15) is 11.0 Å². The van der Waals surface area contributed by atoms with E-state index in [9.17, 15) is 9.35 Å². The molecule has 0 aromatic heterocycles. The van der Waals surface area contributed by atoms with Crippen molar-refractivity contribution in [1.82, 2.24) is 5.32 Å². The van der Waals surface area contributed by atoms with Gasteiger partial charge in [0.05, 0.1) is 6.54 Å². The normalized spacial score (nSPS) is 25.9. The topological polar surface area (TPSA) is 52.2 Å². The van der Waals surface area contributed by atoms with E-state index in [2.05, 4.69) is 11.9 Å². The second-order valence-corrected chi connectivity index (χ2v) is 4.92. The summed E-state index contributed by atoms with van der Waals surface area (Å²) in [4.78, 5) is 11.0. The average Bonchev–Trinajstić information content (AvgIpc) is 2.30. The van der Waals surface area contributed by atoms with Crippen molar-refractivity contribution < 1.29 is 9.35 Å². The molecule has 13 heavy (non-hydrogen) atoms. The van der Waals surface area contributed by atoms with Gasteiger partial charge in [0, 0.05) is 6.42 Å². The minimum Gasteiger partial charge on any atom is -0.616 e. The Morgan fingerprint density at radius 3 is 3.23 bits per heavy atom. The Labute approximate surface area is 81.8 Å². The van der Waals surface area contributed by atoms with E-state index in [0.717, 1.165) is 12.8 Å². The van der Waals surface area contributed by atoms with Gasteiger partial charge in [-0.3, -0.25) is 4.79 Å². The molecule has 1 saturated heterocycles. The predicted octanol–water partition coefficient (Wildman–Crippen LogP) is 0.590.